The Kier molecular flexibility index (Phi) is 4.24. The summed E-state index contributed by atoms with van der Waals surface area (Å²) < 4.78 is 59.9. The molecule has 146 valence electrons. The molecule has 0 aliphatic heterocycles. The highest BCUT2D eigenvalue weighted by Gasteiger charge is 2.39. The van der Waals surface area contributed by atoms with Crippen LogP contribution in [-0.4, -0.2) is 28.9 Å². The van der Waals surface area contributed by atoms with Crippen LogP contribution in [0, 0.1) is 0 Å². The number of benzene rings is 2. The lowest BCUT2D eigenvalue weighted by Gasteiger charge is -2.18. The van der Waals surface area contributed by atoms with Crippen molar-refractivity contribution < 1.29 is 22.3 Å². The summed E-state index contributed by atoms with van der Waals surface area (Å²) in [7, 11) is 1.23. The number of para-hydroxylation sites is 1. The van der Waals surface area contributed by atoms with Gasteiger partial charge in [-0.15, -0.1) is 0 Å². The molecule has 0 bridgehead atoms. The molecule has 2 aromatic carbocycles. The van der Waals surface area contributed by atoms with Crippen molar-refractivity contribution >= 4 is 16.7 Å². The van der Waals surface area contributed by atoms with Crippen LogP contribution in [0.1, 0.15) is 12.0 Å². The van der Waals surface area contributed by atoms with Gasteiger partial charge in [0.25, 0.3) is 0 Å². The van der Waals surface area contributed by atoms with E-state index in [2.05, 4.69) is 10.3 Å². The van der Waals surface area contributed by atoms with Crippen LogP contribution in [-0.2, 0) is 6.18 Å². The second-order valence-corrected chi connectivity index (χ2v) is 6.49. The van der Waals surface area contributed by atoms with Gasteiger partial charge in [-0.1, -0.05) is 18.2 Å². The molecule has 4 rings (SSSR count). The summed E-state index contributed by atoms with van der Waals surface area (Å²) >= 11 is 0. The van der Waals surface area contributed by atoms with E-state index in [1.165, 1.54) is 7.11 Å². The number of aromatic nitrogens is 2. The van der Waals surface area contributed by atoms with E-state index in [0.717, 1.165) is 16.7 Å². The van der Waals surface area contributed by atoms with Crippen LogP contribution in [0.5, 0.6) is 5.75 Å². The second kappa shape index (κ2) is 6.50. The maximum atomic E-state index is 13.4. The molecule has 0 unspecified atom stereocenters. The third kappa shape index (κ3) is 3.17. The van der Waals surface area contributed by atoms with Gasteiger partial charge in [0.1, 0.15) is 17.7 Å². The Morgan fingerprint density at radius 1 is 1.21 bits per heavy atom. The molecular formula is C19H15F4N3O2. The monoisotopic (exact) mass is 393 g/mol. The smallest absolute Gasteiger partial charge is 0.416 e. The highest BCUT2D eigenvalue weighted by Crippen LogP contribution is 2.40. The van der Waals surface area contributed by atoms with Crippen LogP contribution < -0.4 is 15.7 Å². The van der Waals surface area contributed by atoms with Gasteiger partial charge in [0.05, 0.1) is 35.3 Å². The zero-order valence-corrected chi connectivity index (χ0v) is 14.6. The van der Waals surface area contributed by atoms with E-state index >= 15 is 0 Å². The number of nitrogens with one attached hydrogen (secondary N) is 1. The SMILES string of the molecule is COc1cc(C(F)(F)F)cc2c1c(N[C@@H]1C[C@@H]1F)nc(=O)n2-c1ccccc1. The molecule has 0 spiro atoms. The number of fused-ring (bicyclic) bond motifs is 1. The minimum Gasteiger partial charge on any atom is -0.496 e. The first kappa shape index (κ1) is 18.3. The number of halogens is 4. The Labute approximate surface area is 156 Å². The number of hydrogen-bond donors (Lipinski definition) is 1. The quantitative estimate of drug-likeness (QED) is 0.683. The molecule has 0 radical (unpaired) electrons. The number of nitrogens with zero attached hydrogens (tertiary/aromatic N) is 2. The fourth-order valence-electron chi connectivity index (χ4n) is 3.06. The van der Waals surface area contributed by atoms with Gasteiger partial charge in [0.2, 0.25) is 0 Å². The zero-order chi connectivity index (χ0) is 20.1. The molecule has 1 aliphatic carbocycles. The fraction of sp³-hybridized carbons (Fsp3) is 0.263. The fourth-order valence-corrected chi connectivity index (χ4v) is 3.06. The van der Waals surface area contributed by atoms with Crippen molar-refractivity contribution in [1.29, 1.82) is 0 Å². The van der Waals surface area contributed by atoms with Crippen LogP contribution in [0.15, 0.2) is 47.3 Å². The number of rotatable bonds is 4. The van der Waals surface area contributed by atoms with Gasteiger partial charge in [0, 0.05) is 6.42 Å². The minimum absolute atomic E-state index is 0.00269. The highest BCUT2D eigenvalue weighted by molar-refractivity contribution is 5.96. The second-order valence-electron chi connectivity index (χ2n) is 6.49. The average Bonchev–Trinajstić information content (AvgIpc) is 3.35. The Balaban J connectivity index is 2.07. The minimum atomic E-state index is -4.64. The Morgan fingerprint density at radius 3 is 2.46 bits per heavy atom. The Bertz CT molecular complexity index is 1100. The number of anilines is 1. The van der Waals surface area contributed by atoms with Crippen LogP contribution in [0.25, 0.3) is 16.6 Å². The predicted octanol–water partition coefficient (Wildman–Crippen LogP) is 3.94. The van der Waals surface area contributed by atoms with Crippen molar-refractivity contribution in [1.82, 2.24) is 9.55 Å². The molecule has 0 saturated heterocycles. The molecule has 2 atom stereocenters. The zero-order valence-electron chi connectivity index (χ0n) is 14.6. The van der Waals surface area contributed by atoms with E-state index in [1.807, 2.05) is 0 Å². The van der Waals surface area contributed by atoms with Gasteiger partial charge in [0.15, 0.2) is 0 Å². The molecule has 0 amide bonds. The van der Waals surface area contributed by atoms with Crippen molar-refractivity contribution in [3.05, 3.63) is 58.5 Å². The molecule has 1 aromatic heterocycles. The van der Waals surface area contributed by atoms with E-state index in [1.54, 1.807) is 30.3 Å². The van der Waals surface area contributed by atoms with Gasteiger partial charge < -0.3 is 10.1 Å². The summed E-state index contributed by atoms with van der Waals surface area (Å²) in [4.78, 5) is 16.7. The highest BCUT2D eigenvalue weighted by atomic mass is 19.4. The third-order valence-electron chi connectivity index (χ3n) is 4.55. The topological polar surface area (TPSA) is 56.1 Å². The largest absolute Gasteiger partial charge is 0.496 e. The van der Waals surface area contributed by atoms with Crippen LogP contribution in [0.4, 0.5) is 23.4 Å². The van der Waals surface area contributed by atoms with Gasteiger partial charge in [-0.25, -0.2) is 9.18 Å². The summed E-state index contributed by atoms with van der Waals surface area (Å²) in [6, 6.07) is 9.38. The molecule has 28 heavy (non-hydrogen) atoms. The molecule has 5 nitrogen and oxygen atoms in total. The maximum absolute atomic E-state index is 13.4. The molecule has 9 heteroatoms. The molecule has 1 aliphatic rings. The summed E-state index contributed by atoms with van der Waals surface area (Å²) in [5, 5.41) is 2.98. The van der Waals surface area contributed by atoms with Gasteiger partial charge >= 0.3 is 11.9 Å². The lowest BCUT2D eigenvalue weighted by Crippen LogP contribution is -2.25. The van der Waals surface area contributed by atoms with E-state index in [4.69, 9.17) is 4.74 Å². The molecule has 3 aromatic rings. The van der Waals surface area contributed by atoms with Gasteiger partial charge in [-0.2, -0.15) is 18.2 Å². The molecule has 1 fully saturated rings. The lowest BCUT2D eigenvalue weighted by molar-refractivity contribution is -0.137. The van der Waals surface area contributed by atoms with Gasteiger partial charge in [-0.05, 0) is 24.3 Å². The average molecular weight is 393 g/mol. The van der Waals surface area contributed by atoms with Crippen molar-refractivity contribution in [2.24, 2.45) is 0 Å². The van der Waals surface area contributed by atoms with Crippen molar-refractivity contribution in [2.75, 3.05) is 12.4 Å². The summed E-state index contributed by atoms with van der Waals surface area (Å²) in [5.74, 6) is -0.108. The van der Waals surface area contributed by atoms with E-state index in [-0.39, 0.29) is 28.9 Å². The summed E-state index contributed by atoms with van der Waals surface area (Å²) in [5.41, 5.74) is -1.42. The maximum Gasteiger partial charge on any atom is 0.416 e. The standard InChI is InChI=1S/C19H15F4N3O2/c1-28-15-8-10(19(21,22)23)7-14-16(15)17(24-13-9-12(13)20)25-18(27)26(14)11-5-3-2-4-6-11/h2-8,12-13H,9H2,1H3,(H,24,25,27)/t12-,13+/m0/s1. The number of ether oxygens (including phenoxy) is 1. The van der Waals surface area contributed by atoms with Crippen molar-refractivity contribution in [2.45, 2.75) is 24.8 Å². The number of hydrogen-bond acceptors (Lipinski definition) is 4. The first-order valence-corrected chi connectivity index (χ1v) is 8.47. The first-order chi connectivity index (χ1) is 13.3. The van der Waals surface area contributed by atoms with E-state index < -0.39 is 29.6 Å². The van der Waals surface area contributed by atoms with Crippen molar-refractivity contribution in [3.63, 3.8) is 0 Å². The molecular weight excluding hydrogens is 378 g/mol. The lowest BCUT2D eigenvalue weighted by atomic mass is 10.1. The summed E-state index contributed by atoms with van der Waals surface area (Å²) in [6.07, 6.45) is -5.49. The van der Waals surface area contributed by atoms with Crippen LogP contribution >= 0.6 is 0 Å². The molecule has 1 heterocycles. The Hall–Kier alpha value is -3.10. The first-order valence-electron chi connectivity index (χ1n) is 8.47. The molecule has 1 N–H and O–H groups in total. The Morgan fingerprint density at radius 2 is 1.89 bits per heavy atom. The van der Waals surface area contributed by atoms with Crippen molar-refractivity contribution in [3.8, 4) is 11.4 Å². The van der Waals surface area contributed by atoms with E-state index in [0.29, 0.717) is 5.69 Å². The third-order valence-corrected chi connectivity index (χ3v) is 4.55. The van der Waals surface area contributed by atoms with Crippen LogP contribution in [0.2, 0.25) is 0 Å². The predicted molar refractivity (Wildman–Crippen MR) is 95.8 cm³/mol. The summed E-state index contributed by atoms with van der Waals surface area (Å²) in [6.45, 7) is 0. The normalized spacial score (nSPS) is 18.9. The molecule has 1 saturated carbocycles. The van der Waals surface area contributed by atoms with Crippen LogP contribution in [0.3, 0.4) is 0 Å². The van der Waals surface area contributed by atoms with E-state index in [9.17, 15) is 22.4 Å². The number of alkyl halides is 4. The van der Waals surface area contributed by atoms with Gasteiger partial charge in [-0.3, -0.25) is 4.57 Å². The number of methoxy groups -OCH3 is 1.